The molecular formula is C18H20ClNO4. The Morgan fingerprint density at radius 1 is 1.12 bits per heavy atom. The number of ether oxygens (including phenoxy) is 3. The monoisotopic (exact) mass is 349 g/mol. The number of methoxy groups -OCH3 is 1. The number of carbonyl (C=O) groups is 1. The third-order valence-corrected chi connectivity index (χ3v) is 3.55. The van der Waals surface area contributed by atoms with Gasteiger partial charge in [-0.05, 0) is 43.3 Å². The van der Waals surface area contributed by atoms with Gasteiger partial charge in [0.1, 0.15) is 23.9 Å². The number of carbonyl (C=O) groups excluding carboxylic acids is 1. The molecule has 2 aromatic rings. The SMILES string of the molecule is COc1ccc(OCCNC(=O)C(C)Oc2ccccc2Cl)cc1. The molecule has 1 unspecified atom stereocenters. The summed E-state index contributed by atoms with van der Waals surface area (Å²) < 4.78 is 16.2. The Hall–Kier alpha value is -2.40. The van der Waals surface area contributed by atoms with Crippen molar-refractivity contribution >= 4 is 17.5 Å². The predicted molar refractivity (Wildman–Crippen MR) is 93.0 cm³/mol. The minimum atomic E-state index is -0.647. The van der Waals surface area contributed by atoms with Crippen molar-refractivity contribution in [2.45, 2.75) is 13.0 Å². The molecule has 128 valence electrons. The standard InChI is InChI=1S/C18H20ClNO4/c1-13(24-17-6-4-3-5-16(17)19)18(21)20-11-12-23-15-9-7-14(22-2)8-10-15/h3-10,13H,11-12H2,1-2H3,(H,20,21). The van der Waals surface area contributed by atoms with E-state index in [4.69, 9.17) is 25.8 Å². The van der Waals surface area contributed by atoms with Crippen molar-refractivity contribution in [3.05, 3.63) is 53.6 Å². The van der Waals surface area contributed by atoms with E-state index in [9.17, 15) is 4.79 Å². The quantitative estimate of drug-likeness (QED) is 0.743. The zero-order valence-electron chi connectivity index (χ0n) is 13.6. The topological polar surface area (TPSA) is 56.8 Å². The lowest BCUT2D eigenvalue weighted by Gasteiger charge is -2.15. The van der Waals surface area contributed by atoms with E-state index in [0.717, 1.165) is 5.75 Å². The molecule has 0 fully saturated rings. The third kappa shape index (κ3) is 5.35. The molecule has 24 heavy (non-hydrogen) atoms. The van der Waals surface area contributed by atoms with Crippen LogP contribution in [-0.2, 0) is 4.79 Å². The maximum absolute atomic E-state index is 12.0. The van der Waals surface area contributed by atoms with E-state index in [-0.39, 0.29) is 5.91 Å². The van der Waals surface area contributed by atoms with Crippen LogP contribution >= 0.6 is 11.6 Å². The zero-order valence-corrected chi connectivity index (χ0v) is 14.4. The molecule has 1 N–H and O–H groups in total. The molecule has 6 heteroatoms. The van der Waals surface area contributed by atoms with Gasteiger partial charge in [-0.15, -0.1) is 0 Å². The van der Waals surface area contributed by atoms with Crippen LogP contribution in [0.4, 0.5) is 0 Å². The van der Waals surface area contributed by atoms with Gasteiger partial charge in [-0.2, -0.15) is 0 Å². The van der Waals surface area contributed by atoms with E-state index in [1.807, 2.05) is 24.3 Å². The molecule has 1 atom stereocenters. The zero-order chi connectivity index (χ0) is 17.4. The van der Waals surface area contributed by atoms with E-state index < -0.39 is 6.10 Å². The van der Waals surface area contributed by atoms with Crippen molar-refractivity contribution in [2.75, 3.05) is 20.3 Å². The van der Waals surface area contributed by atoms with Gasteiger partial charge in [0.05, 0.1) is 18.7 Å². The molecule has 0 radical (unpaired) electrons. The first-order valence-corrected chi connectivity index (χ1v) is 7.93. The molecule has 0 aliphatic heterocycles. The highest BCUT2D eigenvalue weighted by Gasteiger charge is 2.15. The lowest BCUT2D eigenvalue weighted by Crippen LogP contribution is -2.38. The summed E-state index contributed by atoms with van der Waals surface area (Å²) >= 11 is 6.00. The Bertz CT molecular complexity index is 660. The first-order valence-electron chi connectivity index (χ1n) is 7.56. The van der Waals surface area contributed by atoms with Gasteiger partial charge in [0.25, 0.3) is 5.91 Å². The van der Waals surface area contributed by atoms with Gasteiger partial charge >= 0.3 is 0 Å². The van der Waals surface area contributed by atoms with Gasteiger partial charge in [-0.25, -0.2) is 0 Å². The van der Waals surface area contributed by atoms with E-state index in [1.54, 1.807) is 38.3 Å². The van der Waals surface area contributed by atoms with Crippen LogP contribution < -0.4 is 19.5 Å². The molecule has 2 aromatic carbocycles. The van der Waals surface area contributed by atoms with Crippen LogP contribution in [0.3, 0.4) is 0 Å². The van der Waals surface area contributed by atoms with Gasteiger partial charge < -0.3 is 19.5 Å². The van der Waals surface area contributed by atoms with E-state index in [2.05, 4.69) is 5.32 Å². The largest absolute Gasteiger partial charge is 0.497 e. The van der Waals surface area contributed by atoms with Gasteiger partial charge in [-0.1, -0.05) is 23.7 Å². The summed E-state index contributed by atoms with van der Waals surface area (Å²) in [6, 6.07) is 14.3. The van der Waals surface area contributed by atoms with Gasteiger partial charge in [-0.3, -0.25) is 4.79 Å². The second-order valence-electron chi connectivity index (χ2n) is 5.01. The number of nitrogens with one attached hydrogen (secondary N) is 1. The van der Waals surface area contributed by atoms with Crippen molar-refractivity contribution in [3.63, 3.8) is 0 Å². The molecule has 0 aliphatic carbocycles. The fourth-order valence-electron chi connectivity index (χ4n) is 1.94. The molecule has 1 amide bonds. The molecular weight excluding hydrogens is 330 g/mol. The highest BCUT2D eigenvalue weighted by atomic mass is 35.5. The first-order chi connectivity index (χ1) is 11.6. The normalized spacial score (nSPS) is 11.5. The third-order valence-electron chi connectivity index (χ3n) is 3.24. The van der Waals surface area contributed by atoms with Crippen LogP contribution in [0.5, 0.6) is 17.2 Å². The van der Waals surface area contributed by atoms with Crippen molar-refractivity contribution in [2.24, 2.45) is 0 Å². The van der Waals surface area contributed by atoms with Crippen molar-refractivity contribution in [1.29, 1.82) is 0 Å². The Morgan fingerprint density at radius 3 is 2.46 bits per heavy atom. The summed E-state index contributed by atoms with van der Waals surface area (Å²) in [4.78, 5) is 12.0. The Morgan fingerprint density at radius 2 is 1.79 bits per heavy atom. The lowest BCUT2D eigenvalue weighted by molar-refractivity contribution is -0.127. The van der Waals surface area contributed by atoms with Crippen molar-refractivity contribution < 1.29 is 19.0 Å². The summed E-state index contributed by atoms with van der Waals surface area (Å²) in [5.74, 6) is 1.73. The molecule has 2 rings (SSSR count). The fraction of sp³-hybridized carbons (Fsp3) is 0.278. The predicted octanol–water partition coefficient (Wildman–Crippen LogP) is 3.31. The number of halogens is 1. The van der Waals surface area contributed by atoms with Gasteiger partial charge in [0, 0.05) is 0 Å². The molecule has 0 spiro atoms. The molecule has 0 bridgehead atoms. The number of amides is 1. The van der Waals surface area contributed by atoms with Crippen LogP contribution in [0.15, 0.2) is 48.5 Å². The molecule has 0 heterocycles. The number of hydrogen-bond acceptors (Lipinski definition) is 4. The number of benzene rings is 2. The van der Waals surface area contributed by atoms with Crippen molar-refractivity contribution in [3.8, 4) is 17.2 Å². The Kier molecular flexibility index (Phi) is 6.75. The summed E-state index contributed by atoms with van der Waals surface area (Å²) in [6.45, 7) is 2.40. The average Bonchev–Trinajstić information content (AvgIpc) is 2.61. The molecule has 0 aromatic heterocycles. The smallest absolute Gasteiger partial charge is 0.260 e. The van der Waals surface area contributed by atoms with Gasteiger partial charge in [0.15, 0.2) is 6.10 Å². The van der Waals surface area contributed by atoms with Crippen LogP contribution in [0.2, 0.25) is 5.02 Å². The Balaban J connectivity index is 1.71. The second-order valence-corrected chi connectivity index (χ2v) is 5.41. The average molecular weight is 350 g/mol. The highest BCUT2D eigenvalue weighted by molar-refractivity contribution is 6.32. The first kappa shape index (κ1) is 17.9. The van der Waals surface area contributed by atoms with Crippen LogP contribution in [0, 0.1) is 0 Å². The number of para-hydroxylation sites is 1. The summed E-state index contributed by atoms with van der Waals surface area (Å²) in [5.41, 5.74) is 0. The summed E-state index contributed by atoms with van der Waals surface area (Å²) in [5, 5.41) is 3.23. The van der Waals surface area contributed by atoms with E-state index in [1.165, 1.54) is 0 Å². The van der Waals surface area contributed by atoms with E-state index in [0.29, 0.717) is 29.7 Å². The molecule has 5 nitrogen and oxygen atoms in total. The molecule has 0 saturated carbocycles. The maximum atomic E-state index is 12.0. The number of hydrogen-bond donors (Lipinski definition) is 1. The summed E-state index contributed by atoms with van der Waals surface area (Å²) in [6.07, 6.45) is -0.647. The summed E-state index contributed by atoms with van der Waals surface area (Å²) in [7, 11) is 1.61. The second kappa shape index (κ2) is 9.03. The van der Waals surface area contributed by atoms with Crippen LogP contribution in [0.25, 0.3) is 0 Å². The van der Waals surface area contributed by atoms with E-state index >= 15 is 0 Å². The maximum Gasteiger partial charge on any atom is 0.260 e. The number of rotatable bonds is 8. The lowest BCUT2D eigenvalue weighted by atomic mass is 10.3. The van der Waals surface area contributed by atoms with Gasteiger partial charge in [0.2, 0.25) is 0 Å². The minimum Gasteiger partial charge on any atom is -0.497 e. The Labute approximate surface area is 146 Å². The van der Waals surface area contributed by atoms with Crippen LogP contribution in [-0.4, -0.2) is 32.3 Å². The van der Waals surface area contributed by atoms with Crippen molar-refractivity contribution in [1.82, 2.24) is 5.32 Å². The minimum absolute atomic E-state index is 0.228. The van der Waals surface area contributed by atoms with Crippen LogP contribution in [0.1, 0.15) is 6.92 Å². The fourth-order valence-corrected chi connectivity index (χ4v) is 2.12. The molecule has 0 aliphatic rings. The highest BCUT2D eigenvalue weighted by Crippen LogP contribution is 2.24. The molecule has 0 saturated heterocycles.